The number of piperidine rings is 4. The summed E-state index contributed by atoms with van der Waals surface area (Å²) in [5.74, 6) is -0.755. The van der Waals surface area contributed by atoms with E-state index >= 15 is 0 Å². The summed E-state index contributed by atoms with van der Waals surface area (Å²) in [4.78, 5) is 75.0. The van der Waals surface area contributed by atoms with Crippen LogP contribution in [-0.4, -0.2) is 138 Å². The molecule has 14 nitrogen and oxygen atoms in total. The zero-order chi connectivity index (χ0) is 44.0. The average Bonchev–Trinajstić information content (AvgIpc) is 3.44. The van der Waals surface area contributed by atoms with Crippen molar-refractivity contribution in [1.82, 2.24) is 24.5 Å². The third-order valence-electron chi connectivity index (χ3n) is 13.1. The maximum atomic E-state index is 14.2. The number of nitrogens with zero attached hydrogens (tertiary/aromatic N) is 5. The number of anilines is 2. The summed E-state index contributed by atoms with van der Waals surface area (Å²) in [7, 11) is 0. The molecule has 1 atom stereocenters. The van der Waals surface area contributed by atoms with Crippen LogP contribution < -0.4 is 11.1 Å². The Bertz CT molecular complexity index is 1950. The summed E-state index contributed by atoms with van der Waals surface area (Å²) in [5, 5.41) is 2.66. The molecule has 0 bridgehead atoms. The van der Waals surface area contributed by atoms with Gasteiger partial charge in [0, 0.05) is 76.4 Å². The van der Waals surface area contributed by atoms with Crippen molar-refractivity contribution in [1.29, 1.82) is 0 Å². The minimum absolute atomic E-state index is 0.0444. The summed E-state index contributed by atoms with van der Waals surface area (Å²) in [6, 6.07) is 9.59. The summed E-state index contributed by atoms with van der Waals surface area (Å²) >= 11 is 6.15. The van der Waals surface area contributed by atoms with Gasteiger partial charge in [0.05, 0.1) is 28.8 Å². The Morgan fingerprint density at radius 3 is 2.26 bits per heavy atom. The first-order valence-electron chi connectivity index (χ1n) is 22.0. The molecule has 0 unspecified atom stereocenters. The SMILES string of the molecule is Nc1c(Cl)cc(C[C@@H](OC(=O)N2CCC(N3CCc4ccccc4NC3=O)CC2)C(=O)N2CCC(N3CCC(C(=O)OCCCN4CCCCC4=O)CC3)CC2)cc1C(F)(F)F. The number of esters is 1. The van der Waals surface area contributed by atoms with Crippen LogP contribution >= 0.6 is 11.6 Å². The highest BCUT2D eigenvalue weighted by atomic mass is 35.5. The summed E-state index contributed by atoms with van der Waals surface area (Å²) in [6.45, 7) is 4.78. The lowest BCUT2D eigenvalue weighted by atomic mass is 9.93. The van der Waals surface area contributed by atoms with Crippen LogP contribution in [0.2, 0.25) is 5.02 Å². The second-order valence-electron chi connectivity index (χ2n) is 17.1. The molecule has 0 radical (unpaired) electrons. The molecule has 338 valence electrons. The summed E-state index contributed by atoms with van der Waals surface area (Å²) < 4.78 is 53.3. The molecule has 5 heterocycles. The second-order valence-corrected chi connectivity index (χ2v) is 17.5. The molecule has 7 rings (SSSR count). The standard InChI is InChI=1S/C44H57ClF3N7O7/c45-35-27-29(26-34(39(35)49)44(46,47)48)28-37(62-43(60)54-22-14-33(15-23-54)55-24-11-30-6-1-2-7-36(30)50-42(55)59)40(57)53-20-12-32(13-21-53)51-18-9-31(10-19-51)41(58)61-25-5-17-52-16-4-3-8-38(52)56/h1-2,6-7,26-27,31-33,37H,3-5,8-25,28,49H2,(H,50,59)/t37-/m1/s1. The predicted molar refractivity (Wildman–Crippen MR) is 225 cm³/mol. The van der Waals surface area contributed by atoms with Crippen molar-refractivity contribution in [3.8, 4) is 0 Å². The number of nitrogens with one attached hydrogen (secondary N) is 1. The lowest BCUT2D eigenvalue weighted by Crippen LogP contribution is -2.53. The van der Waals surface area contributed by atoms with Crippen LogP contribution in [0.1, 0.15) is 80.9 Å². The number of fused-ring (bicyclic) bond motifs is 1. The third-order valence-corrected chi connectivity index (χ3v) is 13.4. The zero-order valence-corrected chi connectivity index (χ0v) is 35.8. The van der Waals surface area contributed by atoms with Gasteiger partial charge in [-0.2, -0.15) is 13.2 Å². The molecule has 62 heavy (non-hydrogen) atoms. The number of hydrogen-bond acceptors (Lipinski definition) is 9. The molecule has 0 saturated carbocycles. The fourth-order valence-electron chi connectivity index (χ4n) is 9.51. The van der Waals surface area contributed by atoms with Gasteiger partial charge in [0.15, 0.2) is 6.10 Å². The van der Waals surface area contributed by atoms with Crippen LogP contribution in [0.4, 0.5) is 34.1 Å². The quantitative estimate of drug-likeness (QED) is 0.153. The van der Waals surface area contributed by atoms with Gasteiger partial charge in [0.2, 0.25) is 5.91 Å². The number of urea groups is 1. The molecule has 0 aliphatic carbocycles. The maximum absolute atomic E-state index is 14.2. The van der Waals surface area contributed by atoms with E-state index < -0.39 is 35.5 Å². The van der Waals surface area contributed by atoms with Gasteiger partial charge in [-0.3, -0.25) is 14.4 Å². The minimum atomic E-state index is -4.80. The molecule has 5 amide bonds. The molecule has 2 aromatic rings. The van der Waals surface area contributed by atoms with Gasteiger partial charge in [-0.05, 0) is 107 Å². The average molecular weight is 888 g/mol. The Labute approximate surface area is 365 Å². The van der Waals surface area contributed by atoms with Crippen molar-refractivity contribution in [2.24, 2.45) is 5.92 Å². The van der Waals surface area contributed by atoms with E-state index in [0.29, 0.717) is 97.1 Å². The Morgan fingerprint density at radius 2 is 1.55 bits per heavy atom. The van der Waals surface area contributed by atoms with Gasteiger partial charge < -0.3 is 45.0 Å². The molecular formula is C44H57ClF3N7O7. The Hall–Kier alpha value is -4.77. The van der Waals surface area contributed by atoms with Gasteiger partial charge in [-0.15, -0.1) is 0 Å². The number of rotatable bonds is 11. The second kappa shape index (κ2) is 20.2. The van der Waals surface area contributed by atoms with Gasteiger partial charge in [-0.1, -0.05) is 29.8 Å². The van der Waals surface area contributed by atoms with Gasteiger partial charge in [0.1, 0.15) is 0 Å². The molecule has 5 aliphatic rings. The number of nitrogen functional groups attached to an aromatic ring is 1. The van der Waals surface area contributed by atoms with Crippen LogP contribution in [0.5, 0.6) is 0 Å². The number of amides is 5. The van der Waals surface area contributed by atoms with E-state index in [1.54, 1.807) is 9.80 Å². The highest BCUT2D eigenvalue weighted by molar-refractivity contribution is 6.33. The van der Waals surface area contributed by atoms with E-state index in [0.717, 1.165) is 36.7 Å². The van der Waals surface area contributed by atoms with E-state index in [4.69, 9.17) is 26.8 Å². The number of para-hydroxylation sites is 1. The fourth-order valence-corrected chi connectivity index (χ4v) is 9.76. The molecule has 5 aliphatic heterocycles. The first-order valence-corrected chi connectivity index (χ1v) is 22.4. The number of alkyl halides is 3. The molecule has 0 aromatic heterocycles. The van der Waals surface area contributed by atoms with Crippen molar-refractivity contribution in [3.63, 3.8) is 0 Å². The van der Waals surface area contributed by atoms with E-state index in [2.05, 4.69) is 10.2 Å². The summed E-state index contributed by atoms with van der Waals surface area (Å²) in [6.07, 6.45) is -0.00406. The van der Waals surface area contributed by atoms with Crippen molar-refractivity contribution < 1.29 is 46.6 Å². The number of nitrogens with two attached hydrogens (primary N) is 1. The van der Waals surface area contributed by atoms with Crippen molar-refractivity contribution >= 4 is 52.9 Å². The van der Waals surface area contributed by atoms with E-state index in [1.165, 1.54) is 11.0 Å². The van der Waals surface area contributed by atoms with E-state index in [1.807, 2.05) is 29.2 Å². The fraction of sp³-hybridized carbons (Fsp3) is 0.614. The number of hydrogen-bond donors (Lipinski definition) is 2. The van der Waals surface area contributed by atoms with Gasteiger partial charge in [0.25, 0.3) is 5.91 Å². The maximum Gasteiger partial charge on any atom is 0.418 e. The highest BCUT2D eigenvalue weighted by Crippen LogP contribution is 2.38. The Balaban J connectivity index is 0.924. The lowest BCUT2D eigenvalue weighted by Gasteiger charge is -2.42. The van der Waals surface area contributed by atoms with Gasteiger partial charge >= 0.3 is 24.3 Å². The van der Waals surface area contributed by atoms with Crippen LogP contribution in [0.15, 0.2) is 36.4 Å². The Kier molecular flexibility index (Phi) is 14.7. The van der Waals surface area contributed by atoms with Crippen molar-refractivity contribution in [2.75, 3.05) is 76.6 Å². The molecule has 2 aromatic carbocycles. The Morgan fingerprint density at radius 1 is 0.855 bits per heavy atom. The van der Waals surface area contributed by atoms with Crippen molar-refractivity contribution in [2.45, 2.75) is 101 Å². The van der Waals surface area contributed by atoms with Crippen LogP contribution in [0.3, 0.4) is 0 Å². The third kappa shape index (κ3) is 11.1. The van der Waals surface area contributed by atoms with Gasteiger partial charge in [-0.25, -0.2) is 9.59 Å². The molecule has 4 fully saturated rings. The highest BCUT2D eigenvalue weighted by Gasteiger charge is 2.39. The van der Waals surface area contributed by atoms with Crippen LogP contribution in [0.25, 0.3) is 0 Å². The molecule has 4 saturated heterocycles. The van der Waals surface area contributed by atoms with E-state index in [9.17, 15) is 37.1 Å². The molecular weight excluding hydrogens is 831 g/mol. The van der Waals surface area contributed by atoms with Crippen LogP contribution in [0, 0.1) is 5.92 Å². The van der Waals surface area contributed by atoms with Crippen molar-refractivity contribution in [3.05, 3.63) is 58.1 Å². The number of ether oxygens (including phenoxy) is 2. The largest absolute Gasteiger partial charge is 0.465 e. The predicted octanol–water partition coefficient (Wildman–Crippen LogP) is 6.19. The number of halogens is 4. The first kappa shape index (κ1) is 45.3. The lowest BCUT2D eigenvalue weighted by molar-refractivity contribution is -0.151. The van der Waals surface area contributed by atoms with Crippen LogP contribution in [-0.2, 0) is 42.9 Å². The minimum Gasteiger partial charge on any atom is -0.465 e. The monoisotopic (exact) mass is 887 g/mol. The van der Waals surface area contributed by atoms with E-state index in [-0.39, 0.29) is 72.6 Å². The molecule has 0 spiro atoms. The normalized spacial score (nSPS) is 20.6. The summed E-state index contributed by atoms with van der Waals surface area (Å²) in [5.41, 5.74) is 5.80. The topological polar surface area (TPSA) is 158 Å². The zero-order valence-electron chi connectivity index (χ0n) is 35.0. The first-order chi connectivity index (χ1) is 29.7. The number of likely N-dealkylation sites (tertiary alicyclic amines) is 4. The number of benzene rings is 2. The molecule has 18 heteroatoms. The smallest absolute Gasteiger partial charge is 0.418 e. The number of carbonyl (C=O) groups is 5. The molecule has 3 N–H and O–H groups in total. The number of carbonyl (C=O) groups excluding carboxylic acids is 5.